The first-order valence-corrected chi connectivity index (χ1v) is 3.20. The Kier molecular flexibility index (Phi) is 4.08. The fourth-order valence-corrected chi connectivity index (χ4v) is 0.761. The maximum Gasteiger partial charge on any atom is 0.427 e. The van der Waals surface area contributed by atoms with Crippen molar-refractivity contribution >= 4 is 0 Å². The Morgan fingerprint density at radius 1 is 0.923 bits per heavy atom. The van der Waals surface area contributed by atoms with Gasteiger partial charge in [0.05, 0.1) is 0 Å². The van der Waals surface area contributed by atoms with Crippen molar-refractivity contribution in [1.82, 2.24) is 0 Å². The molecule has 80 valence electrons. The quantitative estimate of drug-likeness (QED) is 0.515. The van der Waals surface area contributed by atoms with E-state index in [0.717, 1.165) is 21.3 Å². The molecule has 1 atom stereocenters. The largest absolute Gasteiger partial charge is 0.427 e. The second-order valence-electron chi connectivity index (χ2n) is 2.12. The number of hydrogen-bond donors (Lipinski definition) is 0. The monoisotopic (exact) mass is 206 g/mol. The first-order chi connectivity index (χ1) is 5.84. The van der Waals surface area contributed by atoms with Gasteiger partial charge in [-0.05, 0) is 0 Å². The van der Waals surface area contributed by atoms with Crippen LogP contribution >= 0.6 is 0 Å². The van der Waals surface area contributed by atoms with Gasteiger partial charge < -0.3 is 14.2 Å². The summed E-state index contributed by atoms with van der Waals surface area (Å²) in [5.41, 5.74) is 0. The average Bonchev–Trinajstić information content (AvgIpc) is 2.07. The van der Waals surface area contributed by atoms with Crippen LogP contribution in [-0.2, 0) is 14.2 Å². The van der Waals surface area contributed by atoms with Crippen molar-refractivity contribution in [1.29, 1.82) is 0 Å². The van der Waals surface area contributed by atoms with Gasteiger partial charge in [0.2, 0.25) is 0 Å². The van der Waals surface area contributed by atoms with E-state index in [4.69, 9.17) is 0 Å². The third-order valence-corrected chi connectivity index (χ3v) is 1.45. The van der Waals surface area contributed by atoms with E-state index in [1.807, 2.05) is 0 Å². The van der Waals surface area contributed by atoms with Crippen LogP contribution in [0.3, 0.4) is 0 Å². The first kappa shape index (κ1) is 12.6. The van der Waals surface area contributed by atoms with E-state index in [1.54, 1.807) is 0 Å². The van der Waals surface area contributed by atoms with E-state index < -0.39 is 18.3 Å². The van der Waals surface area contributed by atoms with Crippen LogP contribution in [0.15, 0.2) is 0 Å². The number of halogens is 4. The van der Waals surface area contributed by atoms with Crippen LogP contribution in [0.4, 0.5) is 17.6 Å². The Morgan fingerprint density at radius 2 is 1.23 bits per heavy atom. The molecule has 0 N–H and O–H groups in total. The lowest BCUT2D eigenvalue weighted by atomic mass is 10.3. The van der Waals surface area contributed by atoms with E-state index >= 15 is 0 Å². The predicted molar refractivity (Wildman–Crippen MR) is 34.7 cm³/mol. The number of ether oxygens (including phenoxy) is 3. The fraction of sp³-hybridized carbons (Fsp3) is 1.00. The summed E-state index contributed by atoms with van der Waals surface area (Å²) in [6, 6.07) is 0. The third-order valence-electron chi connectivity index (χ3n) is 1.45. The van der Waals surface area contributed by atoms with Crippen molar-refractivity contribution in [2.24, 2.45) is 0 Å². The standard InChI is InChI=1S/C6H10F4O3/c1-11-6(12-2,13-3)4(7)5(8,9)10/h4H,1-3H3. The van der Waals surface area contributed by atoms with Gasteiger partial charge in [-0.3, -0.25) is 0 Å². The second-order valence-corrected chi connectivity index (χ2v) is 2.12. The number of alkyl halides is 4. The predicted octanol–water partition coefficient (Wildman–Crippen LogP) is 1.48. The zero-order valence-corrected chi connectivity index (χ0v) is 7.31. The number of methoxy groups -OCH3 is 3. The highest BCUT2D eigenvalue weighted by molar-refractivity contribution is 4.76. The minimum atomic E-state index is -5.10. The first-order valence-electron chi connectivity index (χ1n) is 3.20. The Hall–Kier alpha value is -0.400. The van der Waals surface area contributed by atoms with E-state index in [1.165, 1.54) is 0 Å². The van der Waals surface area contributed by atoms with Crippen LogP contribution in [0.1, 0.15) is 0 Å². The summed E-state index contributed by atoms with van der Waals surface area (Å²) < 4.78 is 61.0. The van der Waals surface area contributed by atoms with Crippen LogP contribution in [-0.4, -0.2) is 39.7 Å². The second kappa shape index (κ2) is 4.21. The summed E-state index contributed by atoms with van der Waals surface area (Å²) in [6.07, 6.45) is -8.46. The van der Waals surface area contributed by atoms with Crippen molar-refractivity contribution in [3.8, 4) is 0 Å². The molecule has 0 rings (SSSR count). The highest BCUT2D eigenvalue weighted by atomic mass is 19.4. The van der Waals surface area contributed by atoms with Crippen LogP contribution in [0.2, 0.25) is 0 Å². The molecular weight excluding hydrogens is 196 g/mol. The van der Waals surface area contributed by atoms with Crippen molar-refractivity contribution in [3.05, 3.63) is 0 Å². The summed E-state index contributed by atoms with van der Waals surface area (Å²) >= 11 is 0. The zero-order chi connectivity index (χ0) is 10.7. The Morgan fingerprint density at radius 3 is 1.31 bits per heavy atom. The topological polar surface area (TPSA) is 27.7 Å². The molecule has 0 spiro atoms. The Labute approximate surface area is 72.6 Å². The van der Waals surface area contributed by atoms with Gasteiger partial charge in [-0.25, -0.2) is 4.39 Å². The van der Waals surface area contributed by atoms with E-state index in [2.05, 4.69) is 14.2 Å². The minimum Gasteiger partial charge on any atom is -0.328 e. The smallest absolute Gasteiger partial charge is 0.328 e. The number of hydrogen-bond acceptors (Lipinski definition) is 3. The average molecular weight is 206 g/mol. The number of rotatable bonds is 4. The zero-order valence-electron chi connectivity index (χ0n) is 7.31. The molecule has 0 aromatic heterocycles. The van der Waals surface area contributed by atoms with Gasteiger partial charge in [0.1, 0.15) is 0 Å². The summed E-state index contributed by atoms with van der Waals surface area (Å²) in [6.45, 7) is 0. The molecule has 3 nitrogen and oxygen atoms in total. The molecule has 0 radical (unpaired) electrons. The molecule has 0 aromatic carbocycles. The molecule has 0 aromatic rings. The van der Waals surface area contributed by atoms with Crippen molar-refractivity contribution in [2.45, 2.75) is 18.3 Å². The van der Waals surface area contributed by atoms with Crippen LogP contribution < -0.4 is 0 Å². The summed E-state index contributed by atoms with van der Waals surface area (Å²) in [4.78, 5) is 0. The van der Waals surface area contributed by atoms with Gasteiger partial charge >= 0.3 is 12.1 Å². The molecule has 0 aliphatic carbocycles. The van der Waals surface area contributed by atoms with E-state index in [-0.39, 0.29) is 0 Å². The van der Waals surface area contributed by atoms with Crippen molar-refractivity contribution in [3.63, 3.8) is 0 Å². The summed E-state index contributed by atoms with van der Waals surface area (Å²) in [5.74, 6) is -2.72. The summed E-state index contributed by atoms with van der Waals surface area (Å²) in [5, 5.41) is 0. The molecule has 7 heteroatoms. The molecular formula is C6H10F4O3. The summed E-state index contributed by atoms with van der Waals surface area (Å²) in [7, 11) is 2.56. The molecule has 0 aliphatic heterocycles. The molecule has 0 saturated carbocycles. The molecule has 0 bridgehead atoms. The van der Waals surface area contributed by atoms with Crippen LogP contribution in [0.5, 0.6) is 0 Å². The highest BCUT2D eigenvalue weighted by Crippen LogP contribution is 2.33. The molecule has 0 fully saturated rings. The van der Waals surface area contributed by atoms with Gasteiger partial charge in [0.25, 0.3) is 6.17 Å². The normalized spacial score (nSPS) is 15.9. The molecule has 0 heterocycles. The SMILES string of the molecule is COC(OC)(OC)C(F)C(F)(F)F. The van der Waals surface area contributed by atoms with Gasteiger partial charge in [-0.2, -0.15) is 13.2 Å². The van der Waals surface area contributed by atoms with E-state index in [9.17, 15) is 17.6 Å². The lowest BCUT2D eigenvalue weighted by molar-refractivity contribution is -0.413. The van der Waals surface area contributed by atoms with Crippen molar-refractivity contribution in [2.75, 3.05) is 21.3 Å². The van der Waals surface area contributed by atoms with Crippen LogP contribution in [0, 0.1) is 0 Å². The third kappa shape index (κ3) is 2.52. The molecule has 0 saturated heterocycles. The van der Waals surface area contributed by atoms with Crippen molar-refractivity contribution < 1.29 is 31.8 Å². The van der Waals surface area contributed by atoms with E-state index in [0.29, 0.717) is 0 Å². The molecule has 13 heavy (non-hydrogen) atoms. The molecule has 0 amide bonds. The molecule has 0 aliphatic rings. The van der Waals surface area contributed by atoms with Gasteiger partial charge in [0.15, 0.2) is 0 Å². The minimum absolute atomic E-state index is 0.852. The van der Waals surface area contributed by atoms with Gasteiger partial charge in [0, 0.05) is 21.3 Å². The molecule has 1 unspecified atom stereocenters. The van der Waals surface area contributed by atoms with Gasteiger partial charge in [-0.15, -0.1) is 0 Å². The lowest BCUT2D eigenvalue weighted by Crippen LogP contribution is -2.52. The Bertz CT molecular complexity index is 146. The maximum atomic E-state index is 12.7. The van der Waals surface area contributed by atoms with Gasteiger partial charge in [-0.1, -0.05) is 0 Å². The lowest BCUT2D eigenvalue weighted by Gasteiger charge is -2.32. The Balaban J connectivity index is 4.73. The highest BCUT2D eigenvalue weighted by Gasteiger charge is 2.57. The maximum absolute atomic E-state index is 12.7. The van der Waals surface area contributed by atoms with Crippen LogP contribution in [0.25, 0.3) is 0 Å². The fourth-order valence-electron chi connectivity index (χ4n) is 0.761.